The van der Waals surface area contributed by atoms with Gasteiger partial charge in [0.2, 0.25) is 5.91 Å². The van der Waals surface area contributed by atoms with Gasteiger partial charge in [-0.3, -0.25) is 14.4 Å². The second kappa shape index (κ2) is 5.67. The number of rotatable bonds is 2. The summed E-state index contributed by atoms with van der Waals surface area (Å²) in [6, 6.07) is 5.08. The fraction of sp³-hybridized carbons (Fsp3) is 0.400. The Hall–Kier alpha value is -2.57. The van der Waals surface area contributed by atoms with Gasteiger partial charge in [0.15, 0.2) is 12.4 Å². The van der Waals surface area contributed by atoms with E-state index in [0.29, 0.717) is 42.9 Å². The number of likely N-dealkylation sites (tertiary alicyclic amines) is 1. The van der Waals surface area contributed by atoms with E-state index in [4.69, 9.17) is 10.5 Å². The SMILES string of the molecule is NC(=O)C1CCN(C(=O)c2cccc3c2OCC(=O)N3)CC1. The maximum absolute atomic E-state index is 12.6. The molecule has 3 amide bonds. The van der Waals surface area contributed by atoms with E-state index in [9.17, 15) is 14.4 Å². The number of carbonyl (C=O) groups excluding carboxylic acids is 3. The number of hydrogen-bond donors (Lipinski definition) is 2. The summed E-state index contributed by atoms with van der Waals surface area (Å²) in [5.74, 6) is -0.459. The summed E-state index contributed by atoms with van der Waals surface area (Å²) in [5.41, 5.74) is 6.24. The van der Waals surface area contributed by atoms with Gasteiger partial charge < -0.3 is 20.7 Å². The average Bonchev–Trinajstić information content (AvgIpc) is 2.53. The predicted molar refractivity (Wildman–Crippen MR) is 78.4 cm³/mol. The van der Waals surface area contributed by atoms with Gasteiger partial charge in [0.25, 0.3) is 11.8 Å². The zero-order chi connectivity index (χ0) is 15.7. The zero-order valence-electron chi connectivity index (χ0n) is 12.0. The highest BCUT2D eigenvalue weighted by molar-refractivity contribution is 6.03. The van der Waals surface area contributed by atoms with Crippen molar-refractivity contribution < 1.29 is 19.1 Å². The molecule has 3 N–H and O–H groups in total. The molecule has 1 aromatic rings. The summed E-state index contributed by atoms with van der Waals surface area (Å²) in [7, 11) is 0. The van der Waals surface area contributed by atoms with Gasteiger partial charge in [-0.2, -0.15) is 0 Å². The molecule has 0 unspecified atom stereocenters. The monoisotopic (exact) mass is 303 g/mol. The molecule has 0 atom stereocenters. The van der Waals surface area contributed by atoms with Crippen molar-refractivity contribution >= 4 is 23.4 Å². The fourth-order valence-electron chi connectivity index (χ4n) is 2.82. The smallest absolute Gasteiger partial charge is 0.262 e. The lowest BCUT2D eigenvalue weighted by Gasteiger charge is -2.31. The molecule has 2 heterocycles. The minimum absolute atomic E-state index is 0.0962. The zero-order valence-corrected chi connectivity index (χ0v) is 12.0. The Morgan fingerprint density at radius 1 is 1.27 bits per heavy atom. The lowest BCUT2D eigenvalue weighted by molar-refractivity contribution is -0.123. The Morgan fingerprint density at radius 2 is 2.00 bits per heavy atom. The van der Waals surface area contributed by atoms with Crippen LogP contribution in [0.15, 0.2) is 18.2 Å². The van der Waals surface area contributed by atoms with E-state index in [2.05, 4.69) is 5.32 Å². The van der Waals surface area contributed by atoms with Crippen LogP contribution in [0.2, 0.25) is 0 Å². The van der Waals surface area contributed by atoms with Crippen LogP contribution in [0.25, 0.3) is 0 Å². The molecule has 116 valence electrons. The number of nitrogens with one attached hydrogen (secondary N) is 1. The number of carbonyl (C=O) groups is 3. The normalized spacial score (nSPS) is 18.2. The number of nitrogens with zero attached hydrogens (tertiary/aromatic N) is 1. The molecule has 0 aromatic heterocycles. The molecular weight excluding hydrogens is 286 g/mol. The molecule has 3 rings (SSSR count). The highest BCUT2D eigenvalue weighted by Crippen LogP contribution is 2.33. The Bertz CT molecular complexity index is 636. The van der Waals surface area contributed by atoms with Crippen molar-refractivity contribution in [3.8, 4) is 5.75 Å². The first-order valence-corrected chi connectivity index (χ1v) is 7.20. The van der Waals surface area contributed by atoms with Crippen LogP contribution >= 0.6 is 0 Å². The van der Waals surface area contributed by atoms with E-state index in [1.807, 2.05) is 0 Å². The van der Waals surface area contributed by atoms with Crippen LogP contribution in [0.1, 0.15) is 23.2 Å². The maximum Gasteiger partial charge on any atom is 0.262 e. The highest BCUT2D eigenvalue weighted by Gasteiger charge is 2.29. The van der Waals surface area contributed by atoms with Gasteiger partial charge in [-0.1, -0.05) is 6.07 Å². The van der Waals surface area contributed by atoms with Crippen molar-refractivity contribution in [2.75, 3.05) is 25.0 Å². The van der Waals surface area contributed by atoms with Crippen LogP contribution in [-0.2, 0) is 9.59 Å². The third kappa shape index (κ3) is 2.61. The largest absolute Gasteiger partial charge is 0.481 e. The number of piperidine rings is 1. The van der Waals surface area contributed by atoms with Crippen molar-refractivity contribution in [3.63, 3.8) is 0 Å². The van der Waals surface area contributed by atoms with Crippen molar-refractivity contribution in [1.82, 2.24) is 4.90 Å². The van der Waals surface area contributed by atoms with Gasteiger partial charge in [-0.15, -0.1) is 0 Å². The number of ether oxygens (including phenoxy) is 1. The van der Waals surface area contributed by atoms with E-state index in [-0.39, 0.29) is 30.2 Å². The van der Waals surface area contributed by atoms with E-state index < -0.39 is 0 Å². The molecule has 7 heteroatoms. The average molecular weight is 303 g/mol. The van der Waals surface area contributed by atoms with E-state index in [0.717, 1.165) is 0 Å². The first-order valence-electron chi connectivity index (χ1n) is 7.20. The number of nitrogens with two attached hydrogens (primary N) is 1. The van der Waals surface area contributed by atoms with E-state index in [1.165, 1.54) is 0 Å². The number of benzene rings is 1. The van der Waals surface area contributed by atoms with Gasteiger partial charge >= 0.3 is 0 Å². The highest BCUT2D eigenvalue weighted by atomic mass is 16.5. The van der Waals surface area contributed by atoms with Gasteiger partial charge in [0, 0.05) is 19.0 Å². The standard InChI is InChI=1S/C15H17N3O4/c16-14(20)9-4-6-18(7-5-9)15(21)10-2-1-3-11-13(10)22-8-12(19)17-11/h1-3,9H,4-8H2,(H2,16,20)(H,17,19). The molecule has 0 aliphatic carbocycles. The van der Waals surface area contributed by atoms with Crippen LogP contribution < -0.4 is 15.8 Å². The molecule has 2 aliphatic heterocycles. The van der Waals surface area contributed by atoms with Gasteiger partial charge in [-0.05, 0) is 25.0 Å². The molecule has 0 radical (unpaired) electrons. The quantitative estimate of drug-likeness (QED) is 0.823. The predicted octanol–water partition coefficient (Wildman–Crippen LogP) is 0.355. The fourth-order valence-corrected chi connectivity index (χ4v) is 2.82. The van der Waals surface area contributed by atoms with Gasteiger partial charge in [0.05, 0.1) is 11.3 Å². The van der Waals surface area contributed by atoms with Crippen molar-refractivity contribution in [2.45, 2.75) is 12.8 Å². The van der Waals surface area contributed by atoms with E-state index in [1.54, 1.807) is 23.1 Å². The Labute approximate surface area is 127 Å². The molecule has 1 aromatic carbocycles. The lowest BCUT2D eigenvalue weighted by atomic mass is 9.95. The van der Waals surface area contributed by atoms with Crippen LogP contribution in [0.5, 0.6) is 5.75 Å². The minimum Gasteiger partial charge on any atom is -0.481 e. The molecular formula is C15H17N3O4. The molecule has 2 aliphatic rings. The number of fused-ring (bicyclic) bond motifs is 1. The molecule has 22 heavy (non-hydrogen) atoms. The number of anilines is 1. The third-order valence-corrected chi connectivity index (χ3v) is 4.05. The number of para-hydroxylation sites is 1. The molecule has 0 saturated carbocycles. The Balaban J connectivity index is 1.78. The third-order valence-electron chi connectivity index (χ3n) is 4.05. The summed E-state index contributed by atoms with van der Waals surface area (Å²) in [6.45, 7) is 0.881. The summed E-state index contributed by atoms with van der Waals surface area (Å²) in [6.07, 6.45) is 1.15. The van der Waals surface area contributed by atoms with Gasteiger partial charge in [0.1, 0.15) is 0 Å². The second-order valence-corrected chi connectivity index (χ2v) is 5.49. The summed E-state index contributed by atoms with van der Waals surface area (Å²) >= 11 is 0. The maximum atomic E-state index is 12.6. The van der Waals surface area contributed by atoms with E-state index >= 15 is 0 Å². The molecule has 1 fully saturated rings. The molecule has 0 bridgehead atoms. The topological polar surface area (TPSA) is 102 Å². The van der Waals surface area contributed by atoms with Crippen molar-refractivity contribution in [3.05, 3.63) is 23.8 Å². The van der Waals surface area contributed by atoms with Crippen LogP contribution in [0.3, 0.4) is 0 Å². The Morgan fingerprint density at radius 3 is 2.68 bits per heavy atom. The number of hydrogen-bond acceptors (Lipinski definition) is 4. The van der Waals surface area contributed by atoms with Gasteiger partial charge in [-0.25, -0.2) is 0 Å². The lowest BCUT2D eigenvalue weighted by Crippen LogP contribution is -2.42. The van der Waals surface area contributed by atoms with Crippen LogP contribution in [0.4, 0.5) is 5.69 Å². The summed E-state index contributed by atoms with van der Waals surface area (Å²) < 4.78 is 5.40. The molecule has 7 nitrogen and oxygen atoms in total. The van der Waals surface area contributed by atoms with Crippen LogP contribution in [0, 0.1) is 5.92 Å². The van der Waals surface area contributed by atoms with Crippen molar-refractivity contribution in [2.24, 2.45) is 11.7 Å². The minimum atomic E-state index is -0.310. The van der Waals surface area contributed by atoms with Crippen LogP contribution in [-0.4, -0.2) is 42.3 Å². The number of amides is 3. The summed E-state index contributed by atoms with van der Waals surface area (Å²) in [4.78, 5) is 36.9. The number of primary amides is 1. The molecule has 0 spiro atoms. The molecule has 1 saturated heterocycles. The van der Waals surface area contributed by atoms with Crippen molar-refractivity contribution in [1.29, 1.82) is 0 Å². The first kappa shape index (κ1) is 14.4. The second-order valence-electron chi connectivity index (χ2n) is 5.49. The Kier molecular flexibility index (Phi) is 3.70. The summed E-state index contributed by atoms with van der Waals surface area (Å²) in [5, 5.41) is 2.68. The first-order chi connectivity index (χ1) is 10.6.